The largest absolute Gasteiger partial charge is 0.309 e. The molecule has 0 aliphatic heterocycles. The zero-order valence-corrected chi connectivity index (χ0v) is 10.3. The van der Waals surface area contributed by atoms with Crippen molar-refractivity contribution >= 4 is 0 Å². The zero-order valence-electron chi connectivity index (χ0n) is 10.3. The molecule has 1 fully saturated rings. The van der Waals surface area contributed by atoms with Crippen LogP contribution >= 0.6 is 0 Å². The lowest BCUT2D eigenvalue weighted by molar-refractivity contribution is 0.457. The van der Waals surface area contributed by atoms with E-state index in [0.29, 0.717) is 16.9 Å². The lowest BCUT2D eigenvalue weighted by Crippen LogP contribution is -2.21. The van der Waals surface area contributed by atoms with Crippen LogP contribution < -0.4 is 5.32 Å². The Kier molecular flexibility index (Phi) is 2.19. The van der Waals surface area contributed by atoms with Gasteiger partial charge in [0.1, 0.15) is 0 Å². The minimum atomic E-state index is 0.407. The Morgan fingerprint density at radius 2 is 1.93 bits per heavy atom. The highest BCUT2D eigenvalue weighted by Crippen LogP contribution is 2.62. The number of hydrogen-bond acceptors (Lipinski definition) is 2. The molecule has 2 N–H and O–H groups in total. The molecule has 0 aromatic carbocycles. The molecule has 1 aliphatic rings. The third-order valence-corrected chi connectivity index (χ3v) is 4.45. The molecule has 0 radical (unpaired) electrons. The Morgan fingerprint density at radius 3 is 2.33 bits per heavy atom. The van der Waals surface area contributed by atoms with Crippen LogP contribution in [0.3, 0.4) is 0 Å². The smallest absolute Gasteiger partial charge is 0.0535 e. The molecule has 3 heteroatoms. The van der Waals surface area contributed by atoms with Crippen LogP contribution in [0.1, 0.15) is 39.0 Å². The second-order valence-corrected chi connectivity index (χ2v) is 5.78. The van der Waals surface area contributed by atoms with Crippen LogP contribution in [-0.2, 0) is 6.54 Å². The lowest BCUT2D eigenvalue weighted by Gasteiger charge is -2.05. The number of hydrogen-bond donors (Lipinski definition) is 2. The molecule has 1 heterocycles. The predicted octanol–water partition coefficient (Wildman–Crippen LogP) is 2.24. The summed E-state index contributed by atoms with van der Waals surface area (Å²) in [4.78, 5) is 0. The third-order valence-electron chi connectivity index (χ3n) is 4.45. The van der Waals surface area contributed by atoms with Crippen LogP contribution in [0.25, 0.3) is 0 Å². The minimum Gasteiger partial charge on any atom is -0.309 e. The van der Waals surface area contributed by atoms with Crippen molar-refractivity contribution < 1.29 is 0 Å². The maximum atomic E-state index is 4.03. The number of aromatic nitrogens is 2. The van der Waals surface area contributed by atoms with E-state index in [1.807, 2.05) is 6.20 Å². The fourth-order valence-electron chi connectivity index (χ4n) is 2.47. The van der Waals surface area contributed by atoms with Gasteiger partial charge in [-0.25, -0.2) is 0 Å². The van der Waals surface area contributed by atoms with Crippen molar-refractivity contribution in [2.75, 3.05) is 0 Å². The minimum absolute atomic E-state index is 0.407. The molecule has 84 valence electrons. The van der Waals surface area contributed by atoms with Crippen LogP contribution in [0.2, 0.25) is 0 Å². The fourth-order valence-corrected chi connectivity index (χ4v) is 2.47. The maximum Gasteiger partial charge on any atom is 0.0535 e. The van der Waals surface area contributed by atoms with E-state index in [-0.39, 0.29) is 0 Å². The van der Waals surface area contributed by atoms with Gasteiger partial charge >= 0.3 is 0 Å². The van der Waals surface area contributed by atoms with E-state index in [1.165, 1.54) is 11.3 Å². The molecule has 1 aliphatic carbocycles. The standard InChI is InChI=1S/C12H21N3/c1-8-9(7-14-15-8)6-13-10-11(2,3)12(10,4)5/h7,10,13H,6H2,1-5H3,(H,14,15). The van der Waals surface area contributed by atoms with Crippen LogP contribution in [0, 0.1) is 17.8 Å². The monoisotopic (exact) mass is 207 g/mol. The van der Waals surface area contributed by atoms with Crippen molar-refractivity contribution in [2.45, 2.75) is 47.2 Å². The summed E-state index contributed by atoms with van der Waals surface area (Å²) in [6.07, 6.45) is 1.91. The highest BCUT2D eigenvalue weighted by Gasteiger charge is 2.64. The maximum absolute atomic E-state index is 4.03. The molecule has 0 saturated heterocycles. The third kappa shape index (κ3) is 1.49. The predicted molar refractivity (Wildman–Crippen MR) is 61.5 cm³/mol. The van der Waals surface area contributed by atoms with Crippen LogP contribution in [0.5, 0.6) is 0 Å². The second kappa shape index (κ2) is 3.08. The number of aromatic amines is 1. The summed E-state index contributed by atoms with van der Waals surface area (Å²) in [5, 5.41) is 10.6. The van der Waals surface area contributed by atoms with Gasteiger partial charge in [-0.05, 0) is 17.8 Å². The first kappa shape index (κ1) is 10.7. The number of H-pyrrole nitrogens is 1. The molecule has 1 aromatic heterocycles. The quantitative estimate of drug-likeness (QED) is 0.798. The van der Waals surface area contributed by atoms with Gasteiger partial charge in [0, 0.05) is 23.8 Å². The molecule has 1 saturated carbocycles. The molecule has 0 atom stereocenters. The Morgan fingerprint density at radius 1 is 1.33 bits per heavy atom. The number of nitrogens with zero attached hydrogens (tertiary/aromatic N) is 1. The van der Waals surface area contributed by atoms with E-state index in [4.69, 9.17) is 0 Å². The number of rotatable bonds is 3. The van der Waals surface area contributed by atoms with Gasteiger partial charge in [0.15, 0.2) is 0 Å². The highest BCUT2D eigenvalue weighted by molar-refractivity contribution is 5.20. The highest BCUT2D eigenvalue weighted by atomic mass is 15.1. The van der Waals surface area contributed by atoms with Gasteiger partial charge in [-0.1, -0.05) is 27.7 Å². The number of nitrogens with one attached hydrogen (secondary N) is 2. The van der Waals surface area contributed by atoms with Gasteiger partial charge in [0.25, 0.3) is 0 Å². The summed E-state index contributed by atoms with van der Waals surface area (Å²) >= 11 is 0. The van der Waals surface area contributed by atoms with E-state index >= 15 is 0 Å². The van der Waals surface area contributed by atoms with Crippen molar-refractivity contribution in [2.24, 2.45) is 10.8 Å². The normalized spacial score (nSPS) is 23.0. The van der Waals surface area contributed by atoms with Gasteiger partial charge in [-0.2, -0.15) is 5.10 Å². The molecule has 3 nitrogen and oxygen atoms in total. The lowest BCUT2D eigenvalue weighted by atomic mass is 10.0. The van der Waals surface area contributed by atoms with Gasteiger partial charge in [-0.15, -0.1) is 0 Å². The van der Waals surface area contributed by atoms with Gasteiger partial charge < -0.3 is 5.32 Å². The Bertz CT molecular complexity index is 349. The zero-order chi connectivity index (χ0) is 11.3. The summed E-state index contributed by atoms with van der Waals surface area (Å²) in [5.74, 6) is 0. The molecule has 0 amide bonds. The van der Waals surface area contributed by atoms with Crippen molar-refractivity contribution in [1.29, 1.82) is 0 Å². The number of aryl methyl sites for hydroxylation is 1. The van der Waals surface area contributed by atoms with Crippen molar-refractivity contribution in [3.8, 4) is 0 Å². The Hall–Kier alpha value is -0.830. The molecular formula is C12H21N3. The van der Waals surface area contributed by atoms with Crippen molar-refractivity contribution in [3.63, 3.8) is 0 Å². The van der Waals surface area contributed by atoms with Crippen LogP contribution in [0.4, 0.5) is 0 Å². The molecule has 0 bridgehead atoms. The summed E-state index contributed by atoms with van der Waals surface area (Å²) in [7, 11) is 0. The van der Waals surface area contributed by atoms with Gasteiger partial charge in [0.2, 0.25) is 0 Å². The van der Waals surface area contributed by atoms with Gasteiger partial charge in [0.05, 0.1) is 6.20 Å². The summed E-state index contributed by atoms with van der Waals surface area (Å²) < 4.78 is 0. The van der Waals surface area contributed by atoms with Crippen LogP contribution in [0.15, 0.2) is 6.20 Å². The first-order chi connectivity index (χ1) is 6.87. The molecule has 0 spiro atoms. The average Bonchev–Trinajstić information content (AvgIpc) is 2.49. The topological polar surface area (TPSA) is 40.7 Å². The molecule has 15 heavy (non-hydrogen) atoms. The first-order valence-electron chi connectivity index (χ1n) is 5.59. The van der Waals surface area contributed by atoms with E-state index in [2.05, 4.69) is 50.1 Å². The molecule has 0 unspecified atom stereocenters. The SMILES string of the molecule is Cc1[nH]ncc1CNC1C(C)(C)C1(C)C. The average molecular weight is 207 g/mol. The molecular weight excluding hydrogens is 186 g/mol. The summed E-state index contributed by atoms with van der Waals surface area (Å²) in [6.45, 7) is 12.3. The fraction of sp³-hybridized carbons (Fsp3) is 0.750. The Labute approximate surface area is 91.7 Å². The van der Waals surface area contributed by atoms with Gasteiger partial charge in [-0.3, -0.25) is 5.10 Å². The molecule has 2 rings (SSSR count). The second-order valence-electron chi connectivity index (χ2n) is 5.78. The summed E-state index contributed by atoms with van der Waals surface area (Å²) in [5.41, 5.74) is 3.25. The first-order valence-corrected chi connectivity index (χ1v) is 5.59. The van der Waals surface area contributed by atoms with Crippen LogP contribution in [-0.4, -0.2) is 16.2 Å². The van der Waals surface area contributed by atoms with Crippen molar-refractivity contribution in [1.82, 2.24) is 15.5 Å². The molecule has 1 aromatic rings. The van der Waals surface area contributed by atoms with E-state index in [9.17, 15) is 0 Å². The van der Waals surface area contributed by atoms with E-state index in [0.717, 1.165) is 6.54 Å². The van der Waals surface area contributed by atoms with E-state index < -0.39 is 0 Å². The Balaban J connectivity index is 1.94. The van der Waals surface area contributed by atoms with Crippen molar-refractivity contribution in [3.05, 3.63) is 17.5 Å². The summed E-state index contributed by atoms with van der Waals surface area (Å²) in [6, 6.07) is 0.610. The van der Waals surface area contributed by atoms with E-state index in [1.54, 1.807) is 0 Å².